The van der Waals surface area contributed by atoms with Crippen molar-refractivity contribution < 1.29 is 23.9 Å². The van der Waals surface area contributed by atoms with Crippen LogP contribution in [-0.4, -0.2) is 48.3 Å². The first-order chi connectivity index (χ1) is 16.1. The van der Waals surface area contributed by atoms with Crippen LogP contribution in [-0.2, 0) is 14.3 Å². The Hall–Kier alpha value is -3.94. The van der Waals surface area contributed by atoms with E-state index in [9.17, 15) is 14.4 Å². The van der Waals surface area contributed by atoms with Crippen molar-refractivity contribution in [3.05, 3.63) is 70.8 Å². The second kappa shape index (κ2) is 12.3. The molecule has 1 amide bonds. The van der Waals surface area contributed by atoms with Crippen LogP contribution >= 0.6 is 0 Å². The van der Waals surface area contributed by atoms with Gasteiger partial charge in [-0.15, -0.1) is 0 Å². The van der Waals surface area contributed by atoms with Gasteiger partial charge in [0.05, 0.1) is 12.2 Å². The summed E-state index contributed by atoms with van der Waals surface area (Å²) in [6.45, 7) is 7.94. The summed E-state index contributed by atoms with van der Waals surface area (Å²) in [6.07, 6.45) is 1.70. The highest BCUT2D eigenvalue weighted by atomic mass is 16.5. The maximum atomic E-state index is 12.9. The van der Waals surface area contributed by atoms with Gasteiger partial charge in [0.15, 0.2) is 0 Å². The molecule has 3 N–H and O–H groups in total. The van der Waals surface area contributed by atoms with Crippen LogP contribution in [0.5, 0.6) is 5.75 Å². The number of amides is 1. The molecule has 0 saturated heterocycles. The van der Waals surface area contributed by atoms with Gasteiger partial charge >= 0.3 is 11.9 Å². The van der Waals surface area contributed by atoms with E-state index in [1.165, 1.54) is 4.90 Å². The number of carbonyl (C=O) groups excluding carboxylic acids is 3. The maximum Gasteiger partial charge on any atom is 0.343 e. The number of nitrogen functional groups attached to an aromatic ring is 1. The predicted octanol–water partition coefficient (Wildman–Crippen LogP) is 3.64. The monoisotopic (exact) mass is 465 g/mol. The van der Waals surface area contributed by atoms with Crippen LogP contribution in [0.15, 0.2) is 54.1 Å². The van der Waals surface area contributed by atoms with Crippen molar-refractivity contribution in [3.8, 4) is 5.75 Å². The zero-order chi connectivity index (χ0) is 25.3. The summed E-state index contributed by atoms with van der Waals surface area (Å²) < 4.78 is 10.3. The topological polar surface area (TPSA) is 123 Å². The van der Waals surface area contributed by atoms with Crippen molar-refractivity contribution in [3.63, 3.8) is 0 Å². The summed E-state index contributed by atoms with van der Waals surface area (Å²) in [4.78, 5) is 38.7. The number of hydrogen-bond acceptors (Lipinski definition) is 6. The number of hydrogen-bond donors (Lipinski definition) is 2. The molecule has 2 aromatic rings. The van der Waals surface area contributed by atoms with Crippen LogP contribution in [0.25, 0.3) is 6.08 Å². The molecule has 0 saturated carbocycles. The van der Waals surface area contributed by atoms with Crippen LogP contribution < -0.4 is 10.5 Å². The van der Waals surface area contributed by atoms with Crippen LogP contribution in [0.1, 0.15) is 49.2 Å². The van der Waals surface area contributed by atoms with Crippen molar-refractivity contribution in [1.82, 2.24) is 4.90 Å². The number of benzene rings is 2. The average Bonchev–Trinajstić information content (AvgIpc) is 2.78. The quantitative estimate of drug-likeness (QED) is 0.182. The number of amidine groups is 1. The van der Waals surface area contributed by atoms with Crippen molar-refractivity contribution in [2.75, 3.05) is 19.7 Å². The van der Waals surface area contributed by atoms with Gasteiger partial charge in [-0.25, -0.2) is 4.79 Å². The summed E-state index contributed by atoms with van der Waals surface area (Å²) in [5, 5.41) is 7.40. The Kier molecular flexibility index (Phi) is 9.55. The molecule has 180 valence electrons. The molecule has 0 aliphatic carbocycles. The van der Waals surface area contributed by atoms with Gasteiger partial charge in [-0.3, -0.25) is 15.0 Å². The first-order valence-corrected chi connectivity index (χ1v) is 11.0. The van der Waals surface area contributed by atoms with Crippen molar-refractivity contribution in [2.45, 2.75) is 27.7 Å². The number of esters is 2. The van der Waals surface area contributed by atoms with E-state index in [0.717, 1.165) is 5.56 Å². The fourth-order valence-electron chi connectivity index (χ4n) is 3.17. The van der Waals surface area contributed by atoms with Crippen LogP contribution in [0, 0.1) is 11.3 Å². The van der Waals surface area contributed by atoms with Crippen molar-refractivity contribution >= 4 is 29.8 Å². The number of rotatable bonds is 10. The smallest absolute Gasteiger partial charge is 0.343 e. The highest BCUT2D eigenvalue weighted by molar-refractivity contribution is 5.99. The Morgan fingerprint density at radius 2 is 1.62 bits per heavy atom. The highest BCUT2D eigenvalue weighted by Crippen LogP contribution is 2.16. The van der Waals surface area contributed by atoms with E-state index in [1.807, 2.05) is 13.8 Å². The third kappa shape index (κ3) is 7.88. The third-order valence-corrected chi connectivity index (χ3v) is 4.74. The molecule has 0 bridgehead atoms. The van der Waals surface area contributed by atoms with Gasteiger partial charge in [-0.05, 0) is 67.8 Å². The number of carbonyl (C=O) groups is 3. The van der Waals surface area contributed by atoms with Gasteiger partial charge in [0.25, 0.3) is 0 Å². The lowest BCUT2D eigenvalue weighted by Gasteiger charge is -2.24. The summed E-state index contributed by atoms with van der Waals surface area (Å²) in [6, 6.07) is 13.0. The Morgan fingerprint density at radius 1 is 1.03 bits per heavy atom. The first kappa shape index (κ1) is 26.3. The molecule has 0 radical (unpaired) electrons. The van der Waals surface area contributed by atoms with E-state index in [1.54, 1.807) is 68.5 Å². The molecule has 0 aromatic heterocycles. The van der Waals surface area contributed by atoms with Crippen LogP contribution in [0.2, 0.25) is 0 Å². The third-order valence-electron chi connectivity index (χ3n) is 4.74. The standard InChI is InChI=1S/C26H31N3O5/c1-5-33-23(30)16-29(15-17(2)3)25(31)18(4)14-19-6-8-21(9-7-19)26(32)34-22-12-10-20(11-13-22)24(27)28/h6-14,17H,5,15-16H2,1-4H3,(H3,27,28). The second-order valence-electron chi connectivity index (χ2n) is 8.16. The van der Waals surface area contributed by atoms with Gasteiger partial charge in [0.1, 0.15) is 18.1 Å². The molecule has 2 rings (SSSR count). The van der Waals surface area contributed by atoms with Gasteiger partial charge in [-0.2, -0.15) is 0 Å². The maximum absolute atomic E-state index is 12.9. The largest absolute Gasteiger partial charge is 0.465 e. The van der Waals surface area contributed by atoms with Gasteiger partial charge < -0.3 is 20.1 Å². The summed E-state index contributed by atoms with van der Waals surface area (Å²) in [7, 11) is 0. The molecular weight excluding hydrogens is 434 g/mol. The number of nitrogens with zero attached hydrogens (tertiary/aromatic N) is 1. The summed E-state index contributed by atoms with van der Waals surface area (Å²) in [5.41, 5.74) is 7.50. The number of ether oxygens (including phenoxy) is 2. The van der Waals surface area contributed by atoms with Gasteiger partial charge in [0, 0.05) is 17.7 Å². The van der Waals surface area contributed by atoms with E-state index in [4.69, 9.17) is 20.6 Å². The fraction of sp³-hybridized carbons (Fsp3) is 0.308. The molecule has 2 aromatic carbocycles. The Bertz CT molecular complexity index is 1060. The summed E-state index contributed by atoms with van der Waals surface area (Å²) >= 11 is 0. The Morgan fingerprint density at radius 3 is 2.15 bits per heavy atom. The molecule has 0 aliphatic rings. The number of nitrogens with two attached hydrogens (primary N) is 1. The number of nitrogens with one attached hydrogen (secondary N) is 1. The Balaban J connectivity index is 2.08. The normalized spacial score (nSPS) is 11.1. The average molecular weight is 466 g/mol. The van der Waals surface area contributed by atoms with Crippen LogP contribution in [0.4, 0.5) is 0 Å². The minimum atomic E-state index is -0.531. The van der Waals surface area contributed by atoms with E-state index in [0.29, 0.717) is 29.0 Å². The van der Waals surface area contributed by atoms with Gasteiger partial charge in [-0.1, -0.05) is 26.0 Å². The molecule has 8 heteroatoms. The molecule has 0 atom stereocenters. The van der Waals surface area contributed by atoms with E-state index in [2.05, 4.69) is 0 Å². The van der Waals surface area contributed by atoms with E-state index >= 15 is 0 Å². The fourth-order valence-corrected chi connectivity index (χ4v) is 3.17. The molecule has 8 nitrogen and oxygen atoms in total. The first-order valence-electron chi connectivity index (χ1n) is 11.0. The van der Waals surface area contributed by atoms with E-state index < -0.39 is 11.9 Å². The molecule has 34 heavy (non-hydrogen) atoms. The lowest BCUT2D eigenvalue weighted by atomic mass is 10.1. The molecule has 0 unspecified atom stereocenters. The predicted molar refractivity (Wildman–Crippen MR) is 131 cm³/mol. The lowest BCUT2D eigenvalue weighted by molar-refractivity contribution is -0.148. The van der Waals surface area contributed by atoms with Crippen molar-refractivity contribution in [2.24, 2.45) is 11.7 Å². The Labute approximate surface area is 199 Å². The van der Waals surface area contributed by atoms with Crippen molar-refractivity contribution in [1.29, 1.82) is 5.41 Å². The zero-order valence-corrected chi connectivity index (χ0v) is 20.0. The minimum absolute atomic E-state index is 0.0662. The molecule has 0 spiro atoms. The van der Waals surface area contributed by atoms with Gasteiger partial charge in [0.2, 0.25) is 5.91 Å². The van der Waals surface area contributed by atoms with E-state index in [-0.39, 0.29) is 30.8 Å². The SMILES string of the molecule is CCOC(=O)CN(CC(C)C)C(=O)C(C)=Cc1ccc(C(=O)Oc2ccc(C(=N)N)cc2)cc1. The highest BCUT2D eigenvalue weighted by Gasteiger charge is 2.20. The van der Waals surface area contributed by atoms with Crippen LogP contribution in [0.3, 0.4) is 0 Å². The lowest BCUT2D eigenvalue weighted by Crippen LogP contribution is -2.39. The molecular formula is C26H31N3O5. The molecule has 0 heterocycles. The zero-order valence-electron chi connectivity index (χ0n) is 20.0. The second-order valence-corrected chi connectivity index (χ2v) is 8.16. The molecule has 0 aliphatic heterocycles. The minimum Gasteiger partial charge on any atom is -0.465 e. The summed E-state index contributed by atoms with van der Waals surface area (Å²) in [5.74, 6) is -0.760. The molecule has 0 fully saturated rings.